The third-order valence-corrected chi connectivity index (χ3v) is 13.1. The number of furan rings is 3. The predicted octanol–water partition coefficient (Wildman–Crippen LogP) is 17.4. The summed E-state index contributed by atoms with van der Waals surface area (Å²) in [7, 11) is 0. The molecule has 0 saturated heterocycles. The maximum absolute atomic E-state index is 6.57. The highest BCUT2D eigenvalue weighted by Gasteiger charge is 2.26. The molecule has 10 aromatic carbocycles. The van der Waals surface area contributed by atoms with E-state index in [4.69, 9.17) is 13.3 Å². The monoisotopic (exact) mass is 847 g/mol. The Morgan fingerprint density at radius 1 is 0.273 bits per heavy atom. The molecule has 14 rings (SSSR count). The molecule has 0 N–H and O–H groups in total. The van der Waals surface area contributed by atoms with Crippen molar-refractivity contribution in [2.45, 2.75) is 0 Å². The van der Waals surface area contributed by atoms with E-state index in [1.165, 1.54) is 0 Å². The molecule has 0 unspecified atom stereocenters. The highest BCUT2D eigenvalue weighted by atomic mass is 16.3. The summed E-state index contributed by atoms with van der Waals surface area (Å²) in [6.07, 6.45) is 0. The Morgan fingerprint density at radius 3 is 1.36 bits per heavy atom. The van der Waals surface area contributed by atoms with Gasteiger partial charge in [0.25, 0.3) is 0 Å². The molecule has 0 aliphatic heterocycles. The molecular weight excluding hydrogens is 811 g/mol. The number of aromatic nitrogens is 1. The second-order valence-electron chi connectivity index (χ2n) is 16.9. The molecule has 0 saturated carbocycles. The van der Waals surface area contributed by atoms with E-state index in [1.54, 1.807) is 0 Å². The van der Waals surface area contributed by atoms with Crippen molar-refractivity contribution in [2.75, 3.05) is 9.80 Å². The normalized spacial score (nSPS) is 11.9. The quantitative estimate of drug-likeness (QED) is 0.160. The molecular formula is C60H37N3O3. The van der Waals surface area contributed by atoms with Crippen LogP contribution in [0.25, 0.3) is 93.3 Å². The summed E-state index contributed by atoms with van der Waals surface area (Å²) in [5.41, 5.74) is 14.3. The second-order valence-corrected chi connectivity index (χ2v) is 16.9. The molecule has 66 heavy (non-hydrogen) atoms. The summed E-state index contributed by atoms with van der Waals surface area (Å²) < 4.78 is 21.9. The van der Waals surface area contributed by atoms with E-state index in [0.29, 0.717) is 0 Å². The standard InChI is InChI=1S/C60H37N3O3/c1-3-15-38(16-4-1)61(41-27-30-47-44-19-8-12-24-54(44)65-58(47)36-41)43-34-52(62(39-17-5-2-6-18-39)42-28-31-48-45-20-9-13-25-55(45)66-59(48)37-42)60-49-22-7-11-23-51(49)63(53(60)35-43)40-29-32-57-50(33-40)46-21-10-14-26-56(46)64-57/h1-37H. The number of para-hydroxylation sites is 6. The van der Waals surface area contributed by atoms with Gasteiger partial charge >= 0.3 is 0 Å². The van der Waals surface area contributed by atoms with Gasteiger partial charge in [-0.05, 0) is 103 Å². The first kappa shape index (κ1) is 36.5. The number of hydrogen-bond donors (Lipinski definition) is 0. The molecule has 0 aliphatic carbocycles. The topological polar surface area (TPSA) is 50.8 Å². The van der Waals surface area contributed by atoms with Gasteiger partial charge in [0, 0.05) is 83.7 Å². The molecule has 0 spiro atoms. The Labute approximate surface area is 377 Å². The Hall–Kier alpha value is -9.00. The lowest BCUT2D eigenvalue weighted by atomic mass is 10.0. The average Bonchev–Trinajstić information content (AvgIpc) is 4.13. The van der Waals surface area contributed by atoms with Gasteiger partial charge in [0.2, 0.25) is 0 Å². The van der Waals surface area contributed by atoms with Crippen LogP contribution in [0.4, 0.5) is 34.1 Å². The van der Waals surface area contributed by atoms with Crippen LogP contribution in [-0.2, 0) is 0 Å². The molecule has 6 heteroatoms. The van der Waals surface area contributed by atoms with Crippen molar-refractivity contribution in [3.63, 3.8) is 0 Å². The molecule has 0 fully saturated rings. The van der Waals surface area contributed by atoms with E-state index in [0.717, 1.165) is 127 Å². The van der Waals surface area contributed by atoms with Gasteiger partial charge < -0.3 is 27.6 Å². The van der Waals surface area contributed by atoms with Crippen LogP contribution in [0.15, 0.2) is 238 Å². The number of anilines is 6. The van der Waals surface area contributed by atoms with Gasteiger partial charge in [-0.3, -0.25) is 0 Å². The summed E-state index contributed by atoms with van der Waals surface area (Å²) in [6, 6.07) is 79.2. The average molecular weight is 848 g/mol. The lowest BCUT2D eigenvalue weighted by Gasteiger charge is -2.30. The van der Waals surface area contributed by atoms with Crippen LogP contribution in [-0.4, -0.2) is 4.57 Å². The van der Waals surface area contributed by atoms with Crippen molar-refractivity contribution in [3.8, 4) is 5.69 Å². The number of rotatable bonds is 7. The summed E-state index contributed by atoms with van der Waals surface area (Å²) in [5, 5.41) is 8.76. The minimum Gasteiger partial charge on any atom is -0.456 e. The maximum atomic E-state index is 6.57. The van der Waals surface area contributed by atoms with Crippen LogP contribution in [0.3, 0.4) is 0 Å². The molecule has 6 nitrogen and oxygen atoms in total. The number of hydrogen-bond acceptors (Lipinski definition) is 5. The summed E-state index contributed by atoms with van der Waals surface area (Å²) in [5.74, 6) is 0. The largest absolute Gasteiger partial charge is 0.456 e. The molecule has 4 heterocycles. The number of benzene rings is 10. The van der Waals surface area contributed by atoms with Gasteiger partial charge in [-0.15, -0.1) is 0 Å². The highest BCUT2D eigenvalue weighted by Crippen LogP contribution is 2.49. The van der Waals surface area contributed by atoms with Crippen molar-refractivity contribution >= 4 is 122 Å². The minimum atomic E-state index is 0.829. The SMILES string of the molecule is c1ccc(N(c2ccc3c(c2)oc2ccccc23)c2cc(N(c3ccccc3)c3ccc4c(c3)oc3ccccc34)c3c4ccccc4n(-c4ccc5oc6ccccc6c5c4)c3c2)cc1. The second kappa shape index (κ2) is 14.3. The minimum absolute atomic E-state index is 0.829. The zero-order valence-corrected chi connectivity index (χ0v) is 35.4. The zero-order valence-electron chi connectivity index (χ0n) is 35.4. The van der Waals surface area contributed by atoms with E-state index in [1.807, 2.05) is 36.4 Å². The Bertz CT molecular complexity index is 4200. The van der Waals surface area contributed by atoms with E-state index in [2.05, 4.69) is 202 Å². The van der Waals surface area contributed by atoms with E-state index in [9.17, 15) is 0 Å². The van der Waals surface area contributed by atoms with E-state index in [-0.39, 0.29) is 0 Å². The van der Waals surface area contributed by atoms with Gasteiger partial charge in [0.05, 0.1) is 22.4 Å². The lowest BCUT2D eigenvalue weighted by Crippen LogP contribution is -2.14. The smallest absolute Gasteiger partial charge is 0.137 e. The summed E-state index contributed by atoms with van der Waals surface area (Å²) in [4.78, 5) is 4.73. The Kier molecular flexibility index (Phi) is 7.88. The third-order valence-electron chi connectivity index (χ3n) is 13.1. The van der Waals surface area contributed by atoms with Crippen molar-refractivity contribution in [1.82, 2.24) is 4.57 Å². The molecule has 14 aromatic rings. The van der Waals surface area contributed by atoms with Crippen molar-refractivity contribution in [3.05, 3.63) is 224 Å². The van der Waals surface area contributed by atoms with Crippen LogP contribution >= 0.6 is 0 Å². The molecule has 0 radical (unpaired) electrons. The van der Waals surface area contributed by atoms with Gasteiger partial charge in [-0.1, -0.05) is 109 Å². The summed E-state index contributed by atoms with van der Waals surface area (Å²) >= 11 is 0. The molecule has 0 amide bonds. The van der Waals surface area contributed by atoms with Crippen LogP contribution < -0.4 is 9.80 Å². The van der Waals surface area contributed by atoms with E-state index < -0.39 is 0 Å². The number of fused-ring (bicyclic) bond motifs is 12. The molecule has 0 bridgehead atoms. The first-order valence-electron chi connectivity index (χ1n) is 22.2. The molecule has 310 valence electrons. The van der Waals surface area contributed by atoms with Crippen LogP contribution in [0.2, 0.25) is 0 Å². The molecule has 0 atom stereocenters. The van der Waals surface area contributed by atoms with Crippen molar-refractivity contribution in [2.24, 2.45) is 0 Å². The fraction of sp³-hybridized carbons (Fsp3) is 0. The molecule has 4 aromatic heterocycles. The predicted molar refractivity (Wildman–Crippen MR) is 272 cm³/mol. The fourth-order valence-corrected chi connectivity index (χ4v) is 10.2. The third kappa shape index (κ3) is 5.55. The fourth-order valence-electron chi connectivity index (χ4n) is 10.2. The maximum Gasteiger partial charge on any atom is 0.137 e. The Balaban J connectivity index is 1.10. The van der Waals surface area contributed by atoms with Gasteiger partial charge in [-0.2, -0.15) is 0 Å². The molecule has 0 aliphatic rings. The lowest BCUT2D eigenvalue weighted by molar-refractivity contribution is 0.668. The Morgan fingerprint density at radius 2 is 0.742 bits per heavy atom. The van der Waals surface area contributed by atoms with E-state index >= 15 is 0 Å². The van der Waals surface area contributed by atoms with Gasteiger partial charge in [-0.25, -0.2) is 0 Å². The van der Waals surface area contributed by atoms with Crippen LogP contribution in [0, 0.1) is 0 Å². The van der Waals surface area contributed by atoms with Gasteiger partial charge in [0.1, 0.15) is 33.5 Å². The summed E-state index contributed by atoms with van der Waals surface area (Å²) in [6.45, 7) is 0. The zero-order chi connectivity index (χ0) is 43.3. The van der Waals surface area contributed by atoms with Gasteiger partial charge in [0.15, 0.2) is 0 Å². The van der Waals surface area contributed by atoms with Crippen LogP contribution in [0.1, 0.15) is 0 Å². The van der Waals surface area contributed by atoms with Crippen molar-refractivity contribution in [1.29, 1.82) is 0 Å². The number of nitrogens with zero attached hydrogens (tertiary/aromatic N) is 3. The first-order chi connectivity index (χ1) is 32.7. The van der Waals surface area contributed by atoms with Crippen molar-refractivity contribution < 1.29 is 13.3 Å². The first-order valence-corrected chi connectivity index (χ1v) is 22.2. The van der Waals surface area contributed by atoms with Crippen LogP contribution in [0.5, 0.6) is 0 Å². The highest BCUT2D eigenvalue weighted by molar-refractivity contribution is 6.19.